The molecule has 0 atom stereocenters. The number of nitrogens with one attached hydrogen (secondary N) is 1. The van der Waals surface area contributed by atoms with Crippen molar-refractivity contribution in [3.05, 3.63) is 23.3 Å². The van der Waals surface area contributed by atoms with Crippen LogP contribution in [0, 0.1) is 13.8 Å². The smallest absolute Gasteiger partial charge is 0.103 e. The van der Waals surface area contributed by atoms with Crippen LogP contribution in [-0.4, -0.2) is 11.2 Å². The second kappa shape index (κ2) is 3.14. The van der Waals surface area contributed by atoms with Crippen molar-refractivity contribution in [2.75, 3.05) is 11.9 Å². The van der Waals surface area contributed by atoms with Crippen molar-refractivity contribution < 1.29 is 0 Å². The molecule has 0 amide bonds. The van der Waals surface area contributed by atoms with Crippen LogP contribution in [-0.2, 0) is 0 Å². The zero-order valence-corrected chi connectivity index (χ0v) is 9.27. The Morgan fingerprint density at radius 1 is 1.31 bits per heavy atom. The highest BCUT2D eigenvalue weighted by Crippen LogP contribution is 2.31. The quantitative estimate of drug-likeness (QED) is 0.738. The summed E-state index contributed by atoms with van der Waals surface area (Å²) in [6.07, 6.45) is 0. The molecule has 0 unspecified atom stereocenters. The van der Waals surface area contributed by atoms with E-state index in [9.17, 15) is 0 Å². The van der Waals surface area contributed by atoms with Crippen molar-refractivity contribution in [3.63, 3.8) is 0 Å². The molecule has 0 bridgehead atoms. The minimum absolute atomic E-state index is 0.787. The van der Waals surface area contributed by atoms with Crippen molar-refractivity contribution in [1.82, 2.24) is 0 Å². The Bertz CT molecular complexity index is 383. The van der Waals surface area contributed by atoms with Crippen molar-refractivity contribution in [1.29, 1.82) is 0 Å². The van der Waals surface area contributed by atoms with E-state index in [4.69, 9.17) is 0 Å². The van der Waals surface area contributed by atoms with Gasteiger partial charge in [0.05, 0.1) is 17.9 Å². The first kappa shape index (κ1) is 8.75. The Hall–Kier alpha value is -0.830. The van der Waals surface area contributed by atoms with Gasteiger partial charge in [0, 0.05) is 0 Å². The predicted molar refractivity (Wildman–Crippen MR) is 60.4 cm³/mol. The summed E-state index contributed by atoms with van der Waals surface area (Å²) in [5.74, 6) is 0. The average molecular weight is 239 g/mol. The zero-order valence-electron chi connectivity index (χ0n) is 7.69. The standard InChI is InChI=1S/C10H11BrN2/c1-6-3-8-9(4-7(6)2)13-10(11)5-12-8/h3-4,12H,5H2,1-2H3. The fourth-order valence-electron chi connectivity index (χ4n) is 1.37. The number of anilines is 1. The molecule has 1 aromatic rings. The van der Waals surface area contributed by atoms with Crippen molar-refractivity contribution >= 4 is 31.9 Å². The summed E-state index contributed by atoms with van der Waals surface area (Å²) in [7, 11) is 0. The van der Waals surface area contributed by atoms with E-state index in [1.54, 1.807) is 0 Å². The lowest BCUT2D eigenvalue weighted by atomic mass is 10.1. The van der Waals surface area contributed by atoms with Gasteiger partial charge in [-0.1, -0.05) is 0 Å². The molecule has 1 N–H and O–H groups in total. The molecular weight excluding hydrogens is 228 g/mol. The summed E-state index contributed by atoms with van der Waals surface area (Å²) in [5, 5.41) is 3.30. The summed E-state index contributed by atoms with van der Waals surface area (Å²) >= 11 is 3.39. The normalized spacial score (nSPS) is 14.5. The van der Waals surface area contributed by atoms with Gasteiger partial charge in [0.1, 0.15) is 4.62 Å². The topological polar surface area (TPSA) is 24.4 Å². The Balaban J connectivity index is 2.57. The summed E-state index contributed by atoms with van der Waals surface area (Å²) < 4.78 is 0.961. The molecule has 0 aliphatic carbocycles. The van der Waals surface area contributed by atoms with Crippen LogP contribution in [0.3, 0.4) is 0 Å². The Morgan fingerprint density at radius 3 is 2.77 bits per heavy atom. The number of aryl methyl sites for hydroxylation is 2. The number of benzene rings is 1. The summed E-state index contributed by atoms with van der Waals surface area (Å²) in [4.78, 5) is 4.42. The second-order valence-electron chi connectivity index (χ2n) is 3.30. The lowest BCUT2D eigenvalue weighted by Crippen LogP contribution is -2.12. The van der Waals surface area contributed by atoms with Gasteiger partial charge in [0.2, 0.25) is 0 Å². The number of rotatable bonds is 0. The van der Waals surface area contributed by atoms with E-state index >= 15 is 0 Å². The first-order chi connectivity index (χ1) is 6.16. The van der Waals surface area contributed by atoms with E-state index in [1.165, 1.54) is 11.1 Å². The minimum atomic E-state index is 0.787. The van der Waals surface area contributed by atoms with Gasteiger partial charge in [0.25, 0.3) is 0 Å². The van der Waals surface area contributed by atoms with Crippen LogP contribution in [0.2, 0.25) is 0 Å². The van der Waals surface area contributed by atoms with Gasteiger partial charge in [-0.2, -0.15) is 0 Å². The highest BCUT2D eigenvalue weighted by atomic mass is 79.9. The molecule has 1 heterocycles. The maximum atomic E-state index is 4.42. The third-order valence-electron chi connectivity index (χ3n) is 2.28. The molecule has 0 radical (unpaired) electrons. The first-order valence-corrected chi connectivity index (χ1v) is 5.04. The molecule has 1 aliphatic rings. The molecule has 2 nitrogen and oxygen atoms in total. The summed E-state index contributed by atoms with van der Waals surface area (Å²) in [6, 6.07) is 4.26. The summed E-state index contributed by atoms with van der Waals surface area (Å²) in [5.41, 5.74) is 4.75. The molecule has 0 aromatic heterocycles. The molecule has 1 aromatic carbocycles. The molecule has 13 heavy (non-hydrogen) atoms. The van der Waals surface area contributed by atoms with Crippen LogP contribution >= 0.6 is 15.9 Å². The molecular formula is C10H11BrN2. The number of hydrogen-bond acceptors (Lipinski definition) is 2. The van der Waals surface area contributed by atoms with Gasteiger partial charge in [-0.25, -0.2) is 4.99 Å². The van der Waals surface area contributed by atoms with E-state index in [0.29, 0.717) is 0 Å². The molecule has 2 rings (SSSR count). The molecule has 1 aliphatic heterocycles. The minimum Gasteiger partial charge on any atom is -0.377 e. The molecule has 3 heteroatoms. The molecule has 68 valence electrons. The van der Waals surface area contributed by atoms with Crippen LogP contribution in [0.15, 0.2) is 17.1 Å². The van der Waals surface area contributed by atoms with E-state index in [2.05, 4.69) is 52.2 Å². The van der Waals surface area contributed by atoms with Gasteiger partial charge < -0.3 is 5.32 Å². The number of nitrogens with zero attached hydrogens (tertiary/aromatic N) is 1. The lowest BCUT2D eigenvalue weighted by molar-refractivity contribution is 1.27. The van der Waals surface area contributed by atoms with E-state index in [0.717, 1.165) is 22.5 Å². The third-order valence-corrected chi connectivity index (χ3v) is 2.74. The van der Waals surface area contributed by atoms with Crippen molar-refractivity contribution in [2.24, 2.45) is 4.99 Å². The SMILES string of the molecule is Cc1cc2c(cc1C)NCC(Br)=N2. The van der Waals surface area contributed by atoms with Crippen molar-refractivity contribution in [2.45, 2.75) is 13.8 Å². The molecule has 0 saturated carbocycles. The third kappa shape index (κ3) is 1.61. The fourth-order valence-corrected chi connectivity index (χ4v) is 1.70. The molecule has 0 saturated heterocycles. The van der Waals surface area contributed by atoms with Gasteiger partial charge >= 0.3 is 0 Å². The maximum absolute atomic E-state index is 4.42. The van der Waals surface area contributed by atoms with Crippen molar-refractivity contribution in [3.8, 4) is 0 Å². The number of fused-ring (bicyclic) bond motifs is 1. The second-order valence-corrected chi connectivity index (χ2v) is 4.21. The predicted octanol–water partition coefficient (Wildman–Crippen LogP) is 3.15. The monoisotopic (exact) mass is 238 g/mol. The van der Waals surface area contributed by atoms with E-state index in [-0.39, 0.29) is 0 Å². The highest BCUT2D eigenvalue weighted by molar-refractivity contribution is 9.18. The molecule has 0 fully saturated rings. The Kier molecular flexibility index (Phi) is 2.12. The van der Waals surface area contributed by atoms with Gasteiger partial charge in [-0.3, -0.25) is 0 Å². The molecule has 0 spiro atoms. The average Bonchev–Trinajstić information content (AvgIpc) is 2.08. The first-order valence-electron chi connectivity index (χ1n) is 4.25. The number of aliphatic imine (C=N–C) groups is 1. The Labute approximate surface area is 86.2 Å². The van der Waals surface area contributed by atoms with E-state index < -0.39 is 0 Å². The van der Waals surface area contributed by atoms with Gasteiger partial charge in [-0.05, 0) is 53.0 Å². The highest BCUT2D eigenvalue weighted by Gasteiger charge is 2.10. The lowest BCUT2D eigenvalue weighted by Gasteiger charge is -2.16. The van der Waals surface area contributed by atoms with Gasteiger partial charge in [-0.15, -0.1) is 0 Å². The van der Waals surface area contributed by atoms with Crippen LogP contribution in [0.25, 0.3) is 0 Å². The number of hydrogen-bond donors (Lipinski definition) is 1. The fraction of sp³-hybridized carbons (Fsp3) is 0.300. The Morgan fingerprint density at radius 2 is 2.00 bits per heavy atom. The van der Waals surface area contributed by atoms with Crippen LogP contribution < -0.4 is 5.32 Å². The van der Waals surface area contributed by atoms with E-state index in [1.807, 2.05) is 0 Å². The summed E-state index contributed by atoms with van der Waals surface area (Å²) in [6.45, 7) is 5.01. The van der Waals surface area contributed by atoms with Crippen LogP contribution in [0.5, 0.6) is 0 Å². The maximum Gasteiger partial charge on any atom is 0.103 e. The largest absolute Gasteiger partial charge is 0.377 e. The van der Waals surface area contributed by atoms with Crippen LogP contribution in [0.1, 0.15) is 11.1 Å². The van der Waals surface area contributed by atoms with Gasteiger partial charge in [0.15, 0.2) is 0 Å². The number of halogens is 1. The zero-order chi connectivity index (χ0) is 9.42. The van der Waals surface area contributed by atoms with Crippen LogP contribution in [0.4, 0.5) is 11.4 Å².